The maximum absolute atomic E-state index is 11.9. The standard InChI is InChI=1S/C12H15F3N2O2/c1-17-11(18)8-3-4-10(9(16)7-8)19-6-2-5-12(13,14)15/h3-4,7H,2,5-6,16H2,1H3,(H,17,18). The van der Waals surface area contributed by atoms with Gasteiger partial charge in [-0.25, -0.2) is 0 Å². The third kappa shape index (κ3) is 5.07. The van der Waals surface area contributed by atoms with Crippen molar-refractivity contribution in [3.8, 4) is 5.75 Å². The van der Waals surface area contributed by atoms with Gasteiger partial charge in [-0.05, 0) is 24.6 Å². The fraction of sp³-hybridized carbons (Fsp3) is 0.417. The Morgan fingerprint density at radius 2 is 2.11 bits per heavy atom. The second-order valence-corrected chi connectivity index (χ2v) is 3.90. The molecule has 19 heavy (non-hydrogen) atoms. The molecule has 1 rings (SSSR count). The molecule has 1 amide bonds. The summed E-state index contributed by atoms with van der Waals surface area (Å²) >= 11 is 0. The Morgan fingerprint density at radius 1 is 1.42 bits per heavy atom. The lowest BCUT2D eigenvalue weighted by Gasteiger charge is -2.11. The number of ether oxygens (including phenoxy) is 1. The zero-order valence-electron chi connectivity index (χ0n) is 10.4. The van der Waals surface area contributed by atoms with E-state index < -0.39 is 12.6 Å². The van der Waals surface area contributed by atoms with Crippen LogP contribution in [0.1, 0.15) is 23.2 Å². The van der Waals surface area contributed by atoms with Crippen LogP contribution in [0, 0.1) is 0 Å². The molecule has 0 saturated carbocycles. The average molecular weight is 276 g/mol. The van der Waals surface area contributed by atoms with Gasteiger partial charge >= 0.3 is 6.18 Å². The molecule has 7 heteroatoms. The van der Waals surface area contributed by atoms with Crippen molar-refractivity contribution in [1.82, 2.24) is 5.32 Å². The molecule has 0 aliphatic heterocycles. The molecule has 1 aromatic carbocycles. The van der Waals surface area contributed by atoms with Crippen molar-refractivity contribution in [3.05, 3.63) is 23.8 Å². The largest absolute Gasteiger partial charge is 0.491 e. The first kappa shape index (κ1) is 15.1. The van der Waals surface area contributed by atoms with E-state index in [1.807, 2.05) is 0 Å². The van der Waals surface area contributed by atoms with E-state index >= 15 is 0 Å². The van der Waals surface area contributed by atoms with Crippen molar-refractivity contribution < 1.29 is 22.7 Å². The molecule has 1 aromatic rings. The van der Waals surface area contributed by atoms with Gasteiger partial charge in [0.05, 0.1) is 12.3 Å². The maximum Gasteiger partial charge on any atom is 0.389 e. The Balaban J connectivity index is 2.54. The van der Waals surface area contributed by atoms with E-state index in [1.165, 1.54) is 25.2 Å². The molecule has 0 spiro atoms. The summed E-state index contributed by atoms with van der Waals surface area (Å²) in [6.07, 6.45) is -5.22. The summed E-state index contributed by atoms with van der Waals surface area (Å²) in [5, 5.41) is 2.44. The smallest absolute Gasteiger partial charge is 0.389 e. The number of hydrogen-bond donors (Lipinski definition) is 2. The summed E-state index contributed by atoms with van der Waals surface area (Å²) in [4.78, 5) is 11.3. The Bertz CT molecular complexity index is 447. The van der Waals surface area contributed by atoms with Crippen LogP contribution < -0.4 is 15.8 Å². The van der Waals surface area contributed by atoms with Gasteiger partial charge in [0, 0.05) is 19.0 Å². The van der Waals surface area contributed by atoms with Crippen LogP contribution in [0.5, 0.6) is 5.75 Å². The van der Waals surface area contributed by atoms with Gasteiger partial charge in [-0.3, -0.25) is 4.79 Å². The van der Waals surface area contributed by atoms with Crippen molar-refractivity contribution in [2.24, 2.45) is 0 Å². The van der Waals surface area contributed by atoms with Crippen molar-refractivity contribution in [2.75, 3.05) is 19.4 Å². The highest BCUT2D eigenvalue weighted by atomic mass is 19.4. The Morgan fingerprint density at radius 3 is 2.63 bits per heavy atom. The number of carbonyl (C=O) groups excluding carboxylic acids is 1. The highest BCUT2D eigenvalue weighted by Gasteiger charge is 2.26. The van der Waals surface area contributed by atoms with Crippen LogP contribution in [-0.4, -0.2) is 25.7 Å². The number of nitrogen functional groups attached to an aromatic ring is 1. The SMILES string of the molecule is CNC(=O)c1ccc(OCCCC(F)(F)F)c(N)c1. The number of hydrogen-bond acceptors (Lipinski definition) is 3. The minimum atomic E-state index is -4.18. The first-order valence-electron chi connectivity index (χ1n) is 5.64. The number of anilines is 1. The first-order chi connectivity index (χ1) is 8.83. The number of rotatable bonds is 5. The van der Waals surface area contributed by atoms with Crippen LogP contribution in [0.3, 0.4) is 0 Å². The second kappa shape index (κ2) is 6.31. The predicted octanol–water partition coefficient (Wildman–Crippen LogP) is 2.35. The number of carbonyl (C=O) groups is 1. The molecule has 0 fully saturated rings. The molecule has 0 radical (unpaired) electrons. The Hall–Kier alpha value is -1.92. The molecule has 0 heterocycles. The number of benzene rings is 1. The summed E-state index contributed by atoms with van der Waals surface area (Å²) in [7, 11) is 1.49. The van der Waals surface area contributed by atoms with E-state index in [-0.39, 0.29) is 30.4 Å². The molecule has 0 bridgehead atoms. The monoisotopic (exact) mass is 276 g/mol. The van der Waals surface area contributed by atoms with Crippen LogP contribution in [0.2, 0.25) is 0 Å². The summed E-state index contributed by atoms with van der Waals surface area (Å²) in [5.41, 5.74) is 6.23. The van der Waals surface area contributed by atoms with E-state index in [1.54, 1.807) is 0 Å². The quantitative estimate of drug-likeness (QED) is 0.641. The van der Waals surface area contributed by atoms with E-state index in [9.17, 15) is 18.0 Å². The Kier molecular flexibility index (Phi) is 5.02. The van der Waals surface area contributed by atoms with Gasteiger partial charge in [-0.1, -0.05) is 0 Å². The van der Waals surface area contributed by atoms with Crippen LogP contribution >= 0.6 is 0 Å². The molecule has 0 aliphatic carbocycles. The first-order valence-corrected chi connectivity index (χ1v) is 5.64. The van der Waals surface area contributed by atoms with Gasteiger partial charge in [0.2, 0.25) is 0 Å². The van der Waals surface area contributed by atoms with E-state index in [4.69, 9.17) is 10.5 Å². The predicted molar refractivity (Wildman–Crippen MR) is 65.0 cm³/mol. The number of alkyl halides is 3. The lowest BCUT2D eigenvalue weighted by molar-refractivity contribution is -0.136. The lowest BCUT2D eigenvalue weighted by Crippen LogP contribution is -2.18. The third-order valence-corrected chi connectivity index (χ3v) is 2.36. The van der Waals surface area contributed by atoms with Gasteiger partial charge in [0.15, 0.2) is 0 Å². The normalized spacial score (nSPS) is 11.2. The molecular formula is C12H15F3N2O2. The zero-order valence-corrected chi connectivity index (χ0v) is 10.4. The molecular weight excluding hydrogens is 261 g/mol. The topological polar surface area (TPSA) is 64.3 Å². The van der Waals surface area contributed by atoms with Gasteiger partial charge in [0.1, 0.15) is 5.75 Å². The molecule has 4 nitrogen and oxygen atoms in total. The highest BCUT2D eigenvalue weighted by molar-refractivity contribution is 5.95. The average Bonchev–Trinajstić information content (AvgIpc) is 2.33. The van der Waals surface area contributed by atoms with Gasteiger partial charge < -0.3 is 15.8 Å². The van der Waals surface area contributed by atoms with E-state index in [0.717, 1.165) is 0 Å². The van der Waals surface area contributed by atoms with Crippen molar-refractivity contribution in [3.63, 3.8) is 0 Å². The molecule has 0 atom stereocenters. The van der Waals surface area contributed by atoms with Crippen LogP contribution in [0.15, 0.2) is 18.2 Å². The molecule has 0 saturated heterocycles. The van der Waals surface area contributed by atoms with E-state index in [0.29, 0.717) is 5.56 Å². The third-order valence-electron chi connectivity index (χ3n) is 2.36. The minimum absolute atomic E-state index is 0.0803. The fourth-order valence-electron chi connectivity index (χ4n) is 1.42. The molecule has 0 aromatic heterocycles. The van der Waals surface area contributed by atoms with Crippen molar-refractivity contribution in [1.29, 1.82) is 0 Å². The number of nitrogens with two attached hydrogens (primary N) is 1. The van der Waals surface area contributed by atoms with Gasteiger partial charge in [-0.15, -0.1) is 0 Å². The van der Waals surface area contributed by atoms with Crippen LogP contribution in [0.4, 0.5) is 18.9 Å². The van der Waals surface area contributed by atoms with Gasteiger partial charge in [0.25, 0.3) is 5.91 Å². The summed E-state index contributed by atoms with van der Waals surface area (Å²) in [6.45, 7) is -0.0803. The second-order valence-electron chi connectivity index (χ2n) is 3.90. The number of amides is 1. The summed E-state index contributed by atoms with van der Waals surface area (Å²) in [5.74, 6) is -0.0230. The summed E-state index contributed by atoms with van der Waals surface area (Å²) in [6, 6.07) is 4.37. The fourth-order valence-corrected chi connectivity index (χ4v) is 1.42. The number of halogens is 3. The van der Waals surface area contributed by atoms with Crippen molar-refractivity contribution in [2.45, 2.75) is 19.0 Å². The van der Waals surface area contributed by atoms with Crippen LogP contribution in [0.25, 0.3) is 0 Å². The molecule has 0 aliphatic rings. The van der Waals surface area contributed by atoms with Crippen molar-refractivity contribution >= 4 is 11.6 Å². The summed E-state index contributed by atoms with van der Waals surface area (Å²) < 4.78 is 40.9. The molecule has 106 valence electrons. The molecule has 0 unspecified atom stereocenters. The lowest BCUT2D eigenvalue weighted by atomic mass is 10.2. The van der Waals surface area contributed by atoms with E-state index in [2.05, 4.69) is 5.32 Å². The Labute approximate surface area is 108 Å². The maximum atomic E-state index is 11.9. The zero-order chi connectivity index (χ0) is 14.5. The number of nitrogens with one attached hydrogen (secondary N) is 1. The van der Waals surface area contributed by atoms with Crippen LogP contribution in [-0.2, 0) is 0 Å². The van der Waals surface area contributed by atoms with Gasteiger partial charge in [-0.2, -0.15) is 13.2 Å². The molecule has 3 N–H and O–H groups in total. The minimum Gasteiger partial charge on any atom is -0.491 e. The highest BCUT2D eigenvalue weighted by Crippen LogP contribution is 2.24.